The van der Waals surface area contributed by atoms with Gasteiger partial charge in [-0.15, -0.1) is 0 Å². The Morgan fingerprint density at radius 1 is 1.12 bits per heavy atom. The van der Waals surface area contributed by atoms with Crippen molar-refractivity contribution in [1.29, 1.82) is 0 Å². The smallest absolute Gasteiger partial charge is 0.0551 e. The highest BCUT2D eigenvalue weighted by Crippen LogP contribution is 2.24. The van der Waals surface area contributed by atoms with Crippen LogP contribution in [0.4, 0.5) is 5.69 Å². The first-order chi connectivity index (χ1) is 7.92. The van der Waals surface area contributed by atoms with Crippen molar-refractivity contribution in [2.45, 2.75) is 25.8 Å². The third-order valence-electron chi connectivity index (χ3n) is 3.24. The highest BCUT2D eigenvalue weighted by molar-refractivity contribution is 5.50. The van der Waals surface area contributed by atoms with E-state index in [-0.39, 0.29) is 0 Å². The molecule has 0 radical (unpaired) electrons. The summed E-state index contributed by atoms with van der Waals surface area (Å²) in [5.74, 6) is 0. The molecule has 1 aromatic carbocycles. The Bertz CT molecular complexity index is 471. The third-order valence-corrected chi connectivity index (χ3v) is 3.24. The maximum absolute atomic E-state index is 3.45. The molecule has 0 unspecified atom stereocenters. The molecule has 2 nitrogen and oxygen atoms in total. The van der Waals surface area contributed by atoms with E-state index in [2.05, 4.69) is 34.6 Å². The first-order valence-corrected chi connectivity index (χ1v) is 5.90. The number of anilines is 1. The van der Waals surface area contributed by atoms with Crippen LogP contribution in [0.3, 0.4) is 0 Å². The van der Waals surface area contributed by atoms with Crippen molar-refractivity contribution in [3.05, 3.63) is 53.3 Å². The summed E-state index contributed by atoms with van der Waals surface area (Å²) in [6.45, 7) is 0.867. The van der Waals surface area contributed by atoms with Gasteiger partial charge < -0.3 is 10.3 Å². The number of H-pyrrole nitrogens is 1. The predicted octanol–water partition coefficient (Wildman–Crippen LogP) is 3.12. The molecule has 0 fully saturated rings. The van der Waals surface area contributed by atoms with Gasteiger partial charge in [-0.25, -0.2) is 0 Å². The molecule has 0 atom stereocenters. The van der Waals surface area contributed by atoms with Crippen molar-refractivity contribution in [1.82, 2.24) is 4.98 Å². The van der Waals surface area contributed by atoms with Crippen LogP contribution in [0.2, 0.25) is 0 Å². The van der Waals surface area contributed by atoms with Gasteiger partial charge in [0, 0.05) is 17.6 Å². The molecule has 0 bridgehead atoms. The molecule has 0 spiro atoms. The van der Waals surface area contributed by atoms with Gasteiger partial charge in [-0.05, 0) is 54.7 Å². The highest BCUT2D eigenvalue weighted by atomic mass is 14.9. The molecule has 2 N–H and O–H groups in total. The van der Waals surface area contributed by atoms with Crippen molar-refractivity contribution >= 4 is 5.69 Å². The summed E-state index contributed by atoms with van der Waals surface area (Å²) in [5.41, 5.74) is 5.51. The maximum Gasteiger partial charge on any atom is 0.0551 e. The standard InChI is InChI=1S/C14H16N2/c1-3-11-6-7-13(9-12(11)4-1)16-10-14-5-2-8-15-14/h2,5-9,15-16H,1,3-4,10H2. The molecule has 1 heterocycles. The van der Waals surface area contributed by atoms with Crippen molar-refractivity contribution in [2.24, 2.45) is 0 Å². The molecule has 1 aliphatic rings. The lowest BCUT2D eigenvalue weighted by molar-refractivity contribution is 0.912. The van der Waals surface area contributed by atoms with Crippen LogP contribution in [-0.4, -0.2) is 4.98 Å². The van der Waals surface area contributed by atoms with E-state index in [4.69, 9.17) is 0 Å². The van der Waals surface area contributed by atoms with E-state index in [1.807, 2.05) is 12.3 Å². The minimum absolute atomic E-state index is 0.867. The van der Waals surface area contributed by atoms with Crippen molar-refractivity contribution < 1.29 is 0 Å². The highest BCUT2D eigenvalue weighted by Gasteiger charge is 2.10. The lowest BCUT2D eigenvalue weighted by atomic mass is 10.1. The first kappa shape index (κ1) is 9.52. The van der Waals surface area contributed by atoms with Crippen LogP contribution in [0.1, 0.15) is 23.2 Å². The van der Waals surface area contributed by atoms with Crippen LogP contribution >= 0.6 is 0 Å². The lowest BCUT2D eigenvalue weighted by Gasteiger charge is -2.07. The van der Waals surface area contributed by atoms with Gasteiger partial charge >= 0.3 is 0 Å². The number of aromatic nitrogens is 1. The number of fused-ring (bicyclic) bond motifs is 1. The zero-order valence-corrected chi connectivity index (χ0v) is 9.29. The number of benzene rings is 1. The number of aromatic amines is 1. The van der Waals surface area contributed by atoms with E-state index < -0.39 is 0 Å². The molecule has 0 amide bonds. The molecule has 16 heavy (non-hydrogen) atoms. The van der Waals surface area contributed by atoms with Crippen LogP contribution < -0.4 is 5.32 Å². The van der Waals surface area contributed by atoms with E-state index in [1.165, 1.54) is 41.8 Å². The van der Waals surface area contributed by atoms with Crippen LogP contribution in [0.15, 0.2) is 36.5 Å². The Hall–Kier alpha value is -1.70. The Kier molecular flexibility index (Phi) is 2.41. The number of nitrogens with one attached hydrogen (secondary N) is 2. The van der Waals surface area contributed by atoms with Gasteiger partial charge in [0.1, 0.15) is 0 Å². The van der Waals surface area contributed by atoms with E-state index in [1.54, 1.807) is 0 Å². The second-order valence-corrected chi connectivity index (χ2v) is 4.39. The van der Waals surface area contributed by atoms with Gasteiger partial charge in [-0.3, -0.25) is 0 Å². The molecule has 0 saturated carbocycles. The van der Waals surface area contributed by atoms with Crippen LogP contribution in [0, 0.1) is 0 Å². The van der Waals surface area contributed by atoms with Crippen molar-refractivity contribution in [3.63, 3.8) is 0 Å². The number of hydrogen-bond acceptors (Lipinski definition) is 1. The fourth-order valence-corrected chi connectivity index (χ4v) is 2.36. The predicted molar refractivity (Wildman–Crippen MR) is 66.6 cm³/mol. The SMILES string of the molecule is c1c[nH]c(CNc2ccc3c(c2)CCC3)c1. The summed E-state index contributed by atoms with van der Waals surface area (Å²) in [5, 5.41) is 3.45. The summed E-state index contributed by atoms with van der Waals surface area (Å²) < 4.78 is 0. The van der Waals surface area contributed by atoms with Crippen molar-refractivity contribution in [3.8, 4) is 0 Å². The second kappa shape index (κ2) is 4.05. The summed E-state index contributed by atoms with van der Waals surface area (Å²) in [6.07, 6.45) is 5.77. The average Bonchev–Trinajstić information content (AvgIpc) is 2.97. The van der Waals surface area contributed by atoms with E-state index in [0.29, 0.717) is 0 Å². The minimum Gasteiger partial charge on any atom is -0.379 e. The van der Waals surface area contributed by atoms with Crippen molar-refractivity contribution in [2.75, 3.05) is 5.32 Å². The Labute approximate surface area is 95.7 Å². The molecule has 0 aliphatic heterocycles. The Balaban J connectivity index is 1.71. The quantitative estimate of drug-likeness (QED) is 0.803. The minimum atomic E-state index is 0.867. The first-order valence-electron chi connectivity index (χ1n) is 5.90. The third kappa shape index (κ3) is 1.83. The molecular formula is C14H16N2. The molecule has 0 saturated heterocycles. The topological polar surface area (TPSA) is 27.8 Å². The van der Waals surface area contributed by atoms with Crippen LogP contribution in [0.5, 0.6) is 0 Å². The maximum atomic E-state index is 3.45. The van der Waals surface area contributed by atoms with Crippen LogP contribution in [-0.2, 0) is 19.4 Å². The zero-order chi connectivity index (χ0) is 10.8. The molecule has 1 aliphatic carbocycles. The van der Waals surface area contributed by atoms with E-state index in [9.17, 15) is 0 Å². The van der Waals surface area contributed by atoms with Crippen LogP contribution in [0.25, 0.3) is 0 Å². The van der Waals surface area contributed by atoms with Gasteiger partial charge in [-0.1, -0.05) is 6.07 Å². The molecular weight excluding hydrogens is 196 g/mol. The van der Waals surface area contributed by atoms with Gasteiger partial charge in [0.25, 0.3) is 0 Å². The largest absolute Gasteiger partial charge is 0.379 e. The summed E-state index contributed by atoms with van der Waals surface area (Å²) in [7, 11) is 0. The van der Waals surface area contributed by atoms with Gasteiger partial charge in [-0.2, -0.15) is 0 Å². The fraction of sp³-hybridized carbons (Fsp3) is 0.286. The Morgan fingerprint density at radius 3 is 2.94 bits per heavy atom. The lowest BCUT2D eigenvalue weighted by Crippen LogP contribution is -2.00. The number of aryl methyl sites for hydroxylation is 2. The molecule has 1 aromatic heterocycles. The second-order valence-electron chi connectivity index (χ2n) is 4.39. The number of rotatable bonds is 3. The van der Waals surface area contributed by atoms with Gasteiger partial charge in [0.15, 0.2) is 0 Å². The van der Waals surface area contributed by atoms with Gasteiger partial charge in [0.05, 0.1) is 6.54 Å². The fourth-order valence-electron chi connectivity index (χ4n) is 2.36. The Morgan fingerprint density at radius 2 is 2.06 bits per heavy atom. The van der Waals surface area contributed by atoms with Gasteiger partial charge in [0.2, 0.25) is 0 Å². The summed E-state index contributed by atoms with van der Waals surface area (Å²) in [4.78, 5) is 3.20. The van der Waals surface area contributed by atoms with E-state index >= 15 is 0 Å². The summed E-state index contributed by atoms with van der Waals surface area (Å²) >= 11 is 0. The normalized spacial score (nSPS) is 13.8. The average molecular weight is 212 g/mol. The molecule has 3 rings (SSSR count). The molecule has 82 valence electrons. The molecule has 2 aromatic rings. The van der Waals surface area contributed by atoms with E-state index in [0.717, 1.165) is 6.54 Å². The molecule has 2 heteroatoms. The summed E-state index contributed by atoms with van der Waals surface area (Å²) in [6, 6.07) is 10.9. The number of hydrogen-bond donors (Lipinski definition) is 2. The monoisotopic (exact) mass is 212 g/mol. The zero-order valence-electron chi connectivity index (χ0n) is 9.29.